The van der Waals surface area contributed by atoms with Crippen LogP contribution in [0.2, 0.25) is 0 Å². The van der Waals surface area contributed by atoms with Gasteiger partial charge in [-0.05, 0) is 97.6 Å². The third-order valence-corrected chi connectivity index (χ3v) is 14.6. The first-order valence-corrected chi connectivity index (χ1v) is 21.8. The highest BCUT2D eigenvalue weighted by molar-refractivity contribution is 7.13. The number of allylic oxidation sites excluding steroid dienone is 2. The van der Waals surface area contributed by atoms with Gasteiger partial charge in [0.15, 0.2) is 0 Å². The minimum Gasteiger partial charge on any atom is -0.460 e. The Morgan fingerprint density at radius 3 is 2.53 bits per heavy atom. The second-order valence-corrected chi connectivity index (χ2v) is 18.1. The second kappa shape index (κ2) is 13.3. The van der Waals surface area contributed by atoms with Crippen LogP contribution in [0.4, 0.5) is 0 Å². The molecule has 4 aromatic carbocycles. The van der Waals surface area contributed by atoms with Crippen LogP contribution in [0.5, 0.6) is 0 Å². The lowest BCUT2D eigenvalue weighted by molar-refractivity contribution is 0.291. The SMILES string of the molecule is C[C@]1(C2N=C(C3CCc4c(sc5c4CCC=C5)C3)N=C(c3ccccc3)N2)C=Cc2c(oc3ccc(-n4c5c(c6ccccc64)C(c4ccccc4)=CCC5)cc23)C1. The average molecular weight is 773 g/mol. The number of fused-ring (bicyclic) bond motifs is 9. The van der Waals surface area contributed by atoms with E-state index in [4.69, 9.17) is 14.4 Å². The molecule has 58 heavy (non-hydrogen) atoms. The molecule has 0 bridgehead atoms. The van der Waals surface area contributed by atoms with Gasteiger partial charge in [0.25, 0.3) is 0 Å². The molecule has 0 saturated carbocycles. The molecule has 3 aromatic heterocycles. The van der Waals surface area contributed by atoms with Gasteiger partial charge in [0.1, 0.15) is 29.2 Å². The summed E-state index contributed by atoms with van der Waals surface area (Å²) in [7, 11) is 0. The molecule has 0 saturated heterocycles. The molecule has 5 aliphatic rings. The number of benzene rings is 4. The van der Waals surface area contributed by atoms with Crippen LogP contribution in [0.15, 0.2) is 136 Å². The Kier molecular flexibility index (Phi) is 7.81. The molecule has 0 amide bonds. The maximum Gasteiger partial charge on any atom is 0.137 e. The summed E-state index contributed by atoms with van der Waals surface area (Å²) < 4.78 is 9.28. The Balaban J connectivity index is 0.901. The quantitative estimate of drug-likeness (QED) is 0.189. The molecule has 0 fully saturated rings. The minimum absolute atomic E-state index is 0.186. The van der Waals surface area contributed by atoms with Crippen LogP contribution in [-0.4, -0.2) is 22.4 Å². The van der Waals surface area contributed by atoms with Crippen molar-refractivity contribution < 1.29 is 4.42 Å². The van der Waals surface area contributed by atoms with E-state index in [1.165, 1.54) is 55.8 Å². The summed E-state index contributed by atoms with van der Waals surface area (Å²) in [5.41, 5.74) is 13.8. The molecule has 12 rings (SSSR count). The van der Waals surface area contributed by atoms with Crippen molar-refractivity contribution in [1.82, 2.24) is 9.88 Å². The van der Waals surface area contributed by atoms with E-state index in [1.54, 1.807) is 16.0 Å². The number of nitrogens with one attached hydrogen (secondary N) is 1. The lowest BCUT2D eigenvalue weighted by Gasteiger charge is -2.38. The van der Waals surface area contributed by atoms with Crippen molar-refractivity contribution in [1.29, 1.82) is 0 Å². The fraction of sp³-hybridized carbons (Fsp3) is 0.231. The topological polar surface area (TPSA) is 54.8 Å². The number of amidine groups is 2. The van der Waals surface area contributed by atoms with Crippen LogP contribution in [0.25, 0.3) is 45.3 Å². The third kappa shape index (κ3) is 5.41. The van der Waals surface area contributed by atoms with E-state index in [0.717, 1.165) is 78.9 Å². The molecule has 5 nitrogen and oxygen atoms in total. The van der Waals surface area contributed by atoms with Crippen molar-refractivity contribution in [2.24, 2.45) is 21.3 Å². The van der Waals surface area contributed by atoms with Gasteiger partial charge in [0.05, 0.1) is 5.52 Å². The molecule has 1 N–H and O–H groups in total. The van der Waals surface area contributed by atoms with Gasteiger partial charge in [0, 0.05) is 66.4 Å². The molecule has 4 aliphatic carbocycles. The Morgan fingerprint density at radius 1 is 0.828 bits per heavy atom. The van der Waals surface area contributed by atoms with Crippen LogP contribution < -0.4 is 5.32 Å². The number of hydrogen-bond donors (Lipinski definition) is 1. The number of para-hydroxylation sites is 1. The van der Waals surface area contributed by atoms with Crippen LogP contribution in [0.1, 0.15) is 80.8 Å². The van der Waals surface area contributed by atoms with Gasteiger partial charge in [-0.1, -0.05) is 110 Å². The predicted octanol–water partition coefficient (Wildman–Crippen LogP) is 11.9. The third-order valence-electron chi connectivity index (χ3n) is 13.3. The summed E-state index contributed by atoms with van der Waals surface area (Å²) in [5, 5.41) is 6.28. The highest BCUT2D eigenvalue weighted by Gasteiger charge is 2.41. The van der Waals surface area contributed by atoms with Gasteiger partial charge in [0.2, 0.25) is 0 Å². The Hall–Kier alpha value is -5.98. The highest BCUT2D eigenvalue weighted by Crippen LogP contribution is 2.45. The number of furan rings is 1. The van der Waals surface area contributed by atoms with E-state index in [0.29, 0.717) is 5.92 Å². The van der Waals surface area contributed by atoms with Crippen molar-refractivity contribution in [3.8, 4) is 5.69 Å². The van der Waals surface area contributed by atoms with Crippen LogP contribution >= 0.6 is 11.3 Å². The number of thiophene rings is 1. The fourth-order valence-electron chi connectivity index (χ4n) is 10.4. The summed E-state index contributed by atoms with van der Waals surface area (Å²) in [4.78, 5) is 13.8. The van der Waals surface area contributed by atoms with Crippen molar-refractivity contribution in [3.63, 3.8) is 0 Å². The first-order valence-electron chi connectivity index (χ1n) is 21.0. The summed E-state index contributed by atoms with van der Waals surface area (Å²) >= 11 is 2.00. The zero-order chi connectivity index (χ0) is 38.4. The molecular weight excluding hydrogens is 729 g/mol. The molecular formula is C52H44N4OS. The van der Waals surface area contributed by atoms with E-state index < -0.39 is 0 Å². The van der Waals surface area contributed by atoms with E-state index >= 15 is 0 Å². The first-order chi connectivity index (χ1) is 28.6. The van der Waals surface area contributed by atoms with Crippen molar-refractivity contribution in [2.45, 2.75) is 64.5 Å². The number of nitrogens with zero attached hydrogens (tertiary/aromatic N) is 3. The molecule has 6 heteroatoms. The van der Waals surface area contributed by atoms with Crippen molar-refractivity contribution >= 4 is 62.6 Å². The summed E-state index contributed by atoms with van der Waals surface area (Å²) in [6.07, 6.45) is 19.9. The van der Waals surface area contributed by atoms with E-state index in [9.17, 15) is 0 Å². The summed E-state index contributed by atoms with van der Waals surface area (Å²) in [6, 6.07) is 37.1. The van der Waals surface area contributed by atoms with Crippen LogP contribution in [0, 0.1) is 11.3 Å². The number of rotatable bonds is 5. The highest BCUT2D eigenvalue weighted by atomic mass is 32.1. The zero-order valence-corrected chi connectivity index (χ0v) is 33.5. The van der Waals surface area contributed by atoms with E-state index in [2.05, 4.69) is 150 Å². The molecule has 7 aromatic rings. The van der Waals surface area contributed by atoms with Gasteiger partial charge in [-0.2, -0.15) is 0 Å². The van der Waals surface area contributed by atoms with Crippen LogP contribution in [-0.2, 0) is 32.1 Å². The van der Waals surface area contributed by atoms with Gasteiger partial charge >= 0.3 is 0 Å². The maximum atomic E-state index is 6.78. The summed E-state index contributed by atoms with van der Waals surface area (Å²) in [6.45, 7) is 2.33. The smallest absolute Gasteiger partial charge is 0.137 e. The predicted molar refractivity (Wildman–Crippen MR) is 240 cm³/mol. The van der Waals surface area contributed by atoms with Gasteiger partial charge in [-0.15, -0.1) is 11.3 Å². The number of aromatic nitrogens is 1. The maximum absolute atomic E-state index is 6.78. The average Bonchev–Trinajstić information content (AvgIpc) is 3.95. The lowest BCUT2D eigenvalue weighted by Crippen LogP contribution is -2.49. The molecule has 3 atom stereocenters. The number of hydrogen-bond acceptors (Lipinski definition) is 5. The first kappa shape index (κ1) is 34.1. The summed E-state index contributed by atoms with van der Waals surface area (Å²) in [5.74, 6) is 3.22. The lowest BCUT2D eigenvalue weighted by atomic mass is 9.77. The second-order valence-electron chi connectivity index (χ2n) is 16.9. The van der Waals surface area contributed by atoms with Gasteiger partial charge in [-0.25, -0.2) is 9.98 Å². The minimum atomic E-state index is -0.326. The van der Waals surface area contributed by atoms with Gasteiger partial charge in [-0.3, -0.25) is 0 Å². The molecule has 1 aliphatic heterocycles. The van der Waals surface area contributed by atoms with Crippen molar-refractivity contribution in [3.05, 3.63) is 176 Å². The molecule has 2 unspecified atom stereocenters. The standard InChI is InChI=1S/C52H44N4OS/c1-52(51-54-49(33-15-6-3-7-16-33)53-50(55-51)34-23-25-39-38-17-9-11-22-46(38)58-47(39)29-34)28-27-37-41-30-35(24-26-44(41)57-45(37)31-52)56-42-20-10-8-18-40(42)48-36(19-12-21-43(48)56)32-13-4-2-5-14-32/h2-8,10-11,13-16,18-20,22,24,26-28,30,34,51H,9,12,17,21,23,25,29,31H2,1H3,(H,53,54,55)/t34?,51?,52-/m0/s1. The molecule has 4 heterocycles. The van der Waals surface area contributed by atoms with Gasteiger partial charge < -0.3 is 14.3 Å². The molecule has 284 valence electrons. The molecule has 0 radical (unpaired) electrons. The monoisotopic (exact) mass is 772 g/mol. The van der Waals surface area contributed by atoms with Crippen LogP contribution in [0.3, 0.4) is 0 Å². The Bertz CT molecular complexity index is 2950. The largest absolute Gasteiger partial charge is 0.460 e. The Labute approximate surface area is 342 Å². The van der Waals surface area contributed by atoms with E-state index in [-0.39, 0.29) is 11.6 Å². The van der Waals surface area contributed by atoms with E-state index in [1.807, 2.05) is 11.3 Å². The normalized spacial score (nSPS) is 22.1. The number of aliphatic imine (C=N–C) groups is 2. The fourth-order valence-corrected chi connectivity index (χ4v) is 11.8. The Morgan fingerprint density at radius 2 is 1.66 bits per heavy atom. The molecule has 0 spiro atoms. The zero-order valence-electron chi connectivity index (χ0n) is 32.7. The van der Waals surface area contributed by atoms with Crippen molar-refractivity contribution in [2.75, 3.05) is 0 Å².